The quantitative estimate of drug-likeness (QED) is 0.814. The Bertz CT molecular complexity index is 522. The van der Waals surface area contributed by atoms with Crippen LogP contribution in [0.2, 0.25) is 0 Å². The number of aliphatic hydroxyl groups is 1. The van der Waals surface area contributed by atoms with E-state index in [0.29, 0.717) is 6.42 Å². The summed E-state index contributed by atoms with van der Waals surface area (Å²) in [5, 5.41) is 14.8. The van der Waals surface area contributed by atoms with Crippen molar-refractivity contribution < 1.29 is 14.7 Å². The van der Waals surface area contributed by atoms with E-state index < -0.39 is 0 Å². The maximum Gasteiger partial charge on any atom is 0.271 e. The number of aliphatic hydroxyl groups excluding tert-OH is 1. The second-order valence-electron chi connectivity index (χ2n) is 10.3. The van der Waals surface area contributed by atoms with E-state index in [1.165, 1.54) is 0 Å². The van der Waals surface area contributed by atoms with Gasteiger partial charge in [0.05, 0.1) is 19.1 Å². The Kier molecular flexibility index (Phi) is 6.18. The summed E-state index contributed by atoms with van der Waals surface area (Å²) < 4.78 is 0. The highest BCUT2D eigenvalue weighted by Gasteiger charge is 2.48. The molecule has 0 saturated carbocycles. The average molecular weight is 355 g/mol. The van der Waals surface area contributed by atoms with Crippen LogP contribution in [-0.4, -0.2) is 34.6 Å². The Hall–Kier alpha value is -0.940. The maximum atomic E-state index is 12.4. The van der Waals surface area contributed by atoms with Crippen LogP contribution in [0.4, 0.5) is 0 Å². The summed E-state index contributed by atoms with van der Waals surface area (Å²) in [4.78, 5) is 18.4. The predicted octanol–water partition coefficient (Wildman–Crippen LogP) is 4.40. The molecule has 1 heterocycles. The Labute approximate surface area is 153 Å². The smallest absolute Gasteiger partial charge is 0.271 e. The molecular weight excluding hydrogens is 316 g/mol. The summed E-state index contributed by atoms with van der Waals surface area (Å²) in [7, 11) is 0. The Morgan fingerprint density at radius 1 is 1.08 bits per heavy atom. The third-order valence-electron chi connectivity index (χ3n) is 6.69. The Morgan fingerprint density at radius 2 is 1.60 bits per heavy atom. The molecular formula is C20H38N2O3. The first-order chi connectivity index (χ1) is 11.1. The summed E-state index contributed by atoms with van der Waals surface area (Å²) in [6.07, 6.45) is 0.539. The number of hydrogen-bond acceptors (Lipinski definition) is 4. The number of carbonyl (C=O) groups excluding carboxylic acids is 1. The second kappa shape index (κ2) is 6.99. The Balaban J connectivity index is 3.34. The number of hydroxylamine groups is 1. The molecule has 0 aromatic carbocycles. The van der Waals surface area contributed by atoms with E-state index in [9.17, 15) is 4.79 Å². The normalized spacial score (nSPS) is 20.5. The second-order valence-corrected chi connectivity index (χ2v) is 10.3. The van der Waals surface area contributed by atoms with Gasteiger partial charge in [0.2, 0.25) is 0 Å². The van der Waals surface area contributed by atoms with Gasteiger partial charge in [-0.2, -0.15) is 5.10 Å². The predicted molar refractivity (Wildman–Crippen MR) is 102 cm³/mol. The third kappa shape index (κ3) is 4.43. The molecule has 0 saturated heterocycles. The molecule has 5 nitrogen and oxygen atoms in total. The number of hydrazone groups is 1. The van der Waals surface area contributed by atoms with E-state index in [-0.39, 0.29) is 46.7 Å². The summed E-state index contributed by atoms with van der Waals surface area (Å²) in [5.41, 5.74) is 0.601. The van der Waals surface area contributed by atoms with Crippen molar-refractivity contribution in [2.75, 3.05) is 6.61 Å². The zero-order valence-electron chi connectivity index (χ0n) is 17.9. The molecule has 1 atom stereocenters. The fourth-order valence-corrected chi connectivity index (χ4v) is 2.50. The molecule has 1 N–H and O–H groups in total. The number of hydrogen-bond donors (Lipinski definition) is 1. The highest BCUT2D eigenvalue weighted by atomic mass is 16.7. The van der Waals surface area contributed by atoms with Crippen LogP contribution in [0.15, 0.2) is 5.10 Å². The lowest BCUT2D eigenvalue weighted by Crippen LogP contribution is -2.52. The average Bonchev–Trinajstić information content (AvgIpc) is 2.44. The van der Waals surface area contributed by atoms with Crippen LogP contribution >= 0.6 is 0 Å². The minimum Gasteiger partial charge on any atom is -0.396 e. The minimum atomic E-state index is -0.306. The molecule has 5 heteroatoms. The topological polar surface area (TPSA) is 62.1 Å². The molecule has 25 heavy (non-hydrogen) atoms. The zero-order chi connectivity index (χ0) is 19.8. The van der Waals surface area contributed by atoms with Crippen molar-refractivity contribution in [3.8, 4) is 0 Å². The van der Waals surface area contributed by atoms with Gasteiger partial charge < -0.3 is 5.11 Å². The van der Waals surface area contributed by atoms with Crippen LogP contribution in [0.25, 0.3) is 0 Å². The van der Waals surface area contributed by atoms with Crippen molar-refractivity contribution in [1.29, 1.82) is 0 Å². The first-order valence-corrected chi connectivity index (χ1v) is 9.24. The first-order valence-electron chi connectivity index (χ1n) is 9.24. The van der Waals surface area contributed by atoms with Gasteiger partial charge in [-0.15, -0.1) is 5.17 Å². The number of nitrogens with zero attached hydrogens (tertiary/aromatic N) is 2. The van der Waals surface area contributed by atoms with E-state index in [2.05, 4.69) is 74.3 Å². The molecule has 1 aliphatic rings. The van der Waals surface area contributed by atoms with Crippen LogP contribution in [0.1, 0.15) is 82.1 Å². The lowest BCUT2D eigenvalue weighted by Gasteiger charge is -2.49. The number of carbonyl (C=O) groups is 1. The van der Waals surface area contributed by atoms with E-state index in [1.54, 1.807) is 0 Å². The van der Waals surface area contributed by atoms with Crippen molar-refractivity contribution >= 4 is 11.6 Å². The molecule has 146 valence electrons. The molecule has 0 aromatic heterocycles. The van der Waals surface area contributed by atoms with Crippen molar-refractivity contribution in [3.05, 3.63) is 0 Å². The summed E-state index contributed by atoms with van der Waals surface area (Å²) >= 11 is 0. The largest absolute Gasteiger partial charge is 0.396 e. The lowest BCUT2D eigenvalue weighted by atomic mass is 9.61. The van der Waals surface area contributed by atoms with E-state index in [0.717, 1.165) is 10.9 Å². The van der Waals surface area contributed by atoms with Crippen LogP contribution in [0.3, 0.4) is 0 Å². The van der Waals surface area contributed by atoms with Gasteiger partial charge >= 0.3 is 0 Å². The van der Waals surface area contributed by atoms with Crippen molar-refractivity contribution in [2.45, 2.75) is 88.2 Å². The van der Waals surface area contributed by atoms with Crippen molar-refractivity contribution in [2.24, 2.45) is 26.8 Å². The molecule has 0 fully saturated rings. The zero-order valence-corrected chi connectivity index (χ0v) is 17.9. The minimum absolute atomic E-state index is 0.00229. The summed E-state index contributed by atoms with van der Waals surface area (Å²) in [6.45, 7) is 21.6. The molecule has 0 aliphatic carbocycles. The fourth-order valence-electron chi connectivity index (χ4n) is 2.50. The molecule has 1 amide bonds. The monoisotopic (exact) mass is 354 g/mol. The van der Waals surface area contributed by atoms with Crippen LogP contribution < -0.4 is 0 Å². The number of amides is 1. The van der Waals surface area contributed by atoms with Gasteiger partial charge in [0.1, 0.15) is 0 Å². The van der Waals surface area contributed by atoms with Gasteiger partial charge in [-0.1, -0.05) is 69.2 Å². The summed E-state index contributed by atoms with van der Waals surface area (Å²) in [5.74, 6) is -0.306. The van der Waals surface area contributed by atoms with Gasteiger partial charge in [-0.3, -0.25) is 4.79 Å². The van der Waals surface area contributed by atoms with E-state index >= 15 is 0 Å². The Morgan fingerprint density at radius 3 is 2.00 bits per heavy atom. The molecule has 0 aromatic rings. The third-order valence-corrected chi connectivity index (χ3v) is 6.69. The van der Waals surface area contributed by atoms with Crippen LogP contribution in [0.5, 0.6) is 0 Å². The van der Waals surface area contributed by atoms with Gasteiger partial charge in [0.25, 0.3) is 5.91 Å². The molecule has 1 unspecified atom stereocenters. The molecule has 0 radical (unpaired) electrons. The van der Waals surface area contributed by atoms with Crippen molar-refractivity contribution in [1.82, 2.24) is 5.17 Å². The molecule has 1 rings (SSSR count). The van der Waals surface area contributed by atoms with Crippen LogP contribution in [0, 0.1) is 21.7 Å². The van der Waals surface area contributed by atoms with Crippen LogP contribution in [-0.2, 0) is 9.63 Å². The van der Waals surface area contributed by atoms with E-state index in [4.69, 9.17) is 9.94 Å². The maximum absolute atomic E-state index is 12.4. The lowest BCUT2D eigenvalue weighted by molar-refractivity contribution is -0.241. The summed E-state index contributed by atoms with van der Waals surface area (Å²) in [6, 6.07) is 0. The van der Waals surface area contributed by atoms with Gasteiger partial charge in [0.15, 0.2) is 0 Å². The highest BCUT2D eigenvalue weighted by molar-refractivity contribution is 5.92. The highest BCUT2D eigenvalue weighted by Crippen LogP contribution is 2.48. The van der Waals surface area contributed by atoms with E-state index in [1.807, 2.05) is 0 Å². The molecule has 0 spiro atoms. The SMILES string of the molecule is CC(C)(C)C(C)(C)C1=NN(C(=O)CCO)OC(C(C)(C)C(C)(C)C)C1. The standard InChI is InChI=1S/C20H38N2O3/c1-17(2,3)19(7,8)14-13-15(20(9,10)18(4,5)6)25-22(21-14)16(24)11-12-23/h15,23H,11-13H2,1-10H3. The number of rotatable bonds is 4. The first kappa shape index (κ1) is 22.1. The van der Waals surface area contributed by atoms with Gasteiger partial charge in [-0.25, -0.2) is 4.84 Å². The van der Waals surface area contributed by atoms with Crippen molar-refractivity contribution in [3.63, 3.8) is 0 Å². The molecule has 0 bridgehead atoms. The van der Waals surface area contributed by atoms with Gasteiger partial charge in [0, 0.05) is 17.5 Å². The fraction of sp³-hybridized carbons (Fsp3) is 0.900. The van der Waals surface area contributed by atoms with Gasteiger partial charge in [-0.05, 0) is 16.2 Å². The molecule has 1 aliphatic heterocycles.